The van der Waals surface area contributed by atoms with Gasteiger partial charge in [0.15, 0.2) is 5.78 Å². The third-order valence-electron chi connectivity index (χ3n) is 3.14. The number of benzene rings is 2. The quantitative estimate of drug-likeness (QED) is 0.690. The molecule has 2 aromatic rings. The maximum atomic E-state index is 12.5. The molecule has 0 aliphatic rings. The lowest BCUT2D eigenvalue weighted by Crippen LogP contribution is -2.06. The van der Waals surface area contributed by atoms with E-state index in [-0.39, 0.29) is 12.2 Å². The van der Waals surface area contributed by atoms with Crippen molar-refractivity contribution in [3.05, 3.63) is 69.2 Å². The molecule has 0 bridgehead atoms. The average molecular weight is 357 g/mol. The highest BCUT2D eigenvalue weighted by Crippen LogP contribution is 2.29. The fraction of sp³-hybridized carbons (Fsp3) is 0.188. The fourth-order valence-corrected chi connectivity index (χ4v) is 2.24. The second-order valence-corrected chi connectivity index (χ2v) is 5.61. The molecule has 0 aliphatic carbocycles. The average Bonchev–Trinajstić information content (AvgIpc) is 2.41. The number of aryl methyl sites for hydroxylation is 1. The molecule has 0 N–H and O–H groups in total. The first-order chi connectivity index (χ1) is 9.77. The van der Waals surface area contributed by atoms with Gasteiger partial charge in [-0.3, -0.25) is 4.79 Å². The van der Waals surface area contributed by atoms with Gasteiger partial charge in [0.1, 0.15) is 0 Å². The summed E-state index contributed by atoms with van der Waals surface area (Å²) in [5.74, 6) is -0.129. The van der Waals surface area contributed by atoms with Crippen LogP contribution in [0.3, 0.4) is 0 Å². The van der Waals surface area contributed by atoms with E-state index in [0.717, 1.165) is 22.2 Å². The van der Waals surface area contributed by atoms with E-state index >= 15 is 0 Å². The molecule has 0 aromatic heterocycles. The lowest BCUT2D eigenvalue weighted by Gasteiger charge is -2.08. The Labute approximate surface area is 128 Å². The number of hydrogen-bond acceptors (Lipinski definition) is 1. The van der Waals surface area contributed by atoms with Crippen LogP contribution in [0.25, 0.3) is 0 Å². The summed E-state index contributed by atoms with van der Waals surface area (Å²) in [7, 11) is 0. The van der Waals surface area contributed by atoms with Gasteiger partial charge in [-0.2, -0.15) is 13.2 Å². The van der Waals surface area contributed by atoms with E-state index < -0.39 is 11.7 Å². The molecule has 0 atom stereocenters. The summed E-state index contributed by atoms with van der Waals surface area (Å²) in [5.41, 5.74) is 1.40. The summed E-state index contributed by atoms with van der Waals surface area (Å²) in [4.78, 5) is 12.1. The minimum absolute atomic E-state index is 0.0770. The van der Waals surface area contributed by atoms with E-state index in [0.29, 0.717) is 11.1 Å². The van der Waals surface area contributed by atoms with E-state index in [1.165, 1.54) is 12.1 Å². The molecule has 5 heteroatoms. The molecular weight excluding hydrogens is 345 g/mol. The molecule has 0 heterocycles. The molecule has 0 aliphatic heterocycles. The number of carbonyl (C=O) groups excluding carboxylic acids is 1. The number of halogens is 4. The molecule has 1 nitrogen and oxygen atoms in total. The van der Waals surface area contributed by atoms with Crippen LogP contribution in [0.5, 0.6) is 0 Å². The maximum absolute atomic E-state index is 12.5. The summed E-state index contributed by atoms with van der Waals surface area (Å²) < 4.78 is 38.2. The third-order valence-corrected chi connectivity index (χ3v) is 3.99. The molecule has 2 rings (SSSR count). The predicted molar refractivity (Wildman–Crippen MR) is 78.4 cm³/mol. The third kappa shape index (κ3) is 3.94. The molecule has 0 saturated carbocycles. The van der Waals surface area contributed by atoms with Gasteiger partial charge in [-0.05, 0) is 36.2 Å². The van der Waals surface area contributed by atoms with E-state index in [1.54, 1.807) is 12.1 Å². The van der Waals surface area contributed by atoms with Crippen LogP contribution in [-0.4, -0.2) is 5.78 Å². The molecule has 0 unspecified atom stereocenters. The molecule has 0 radical (unpaired) electrons. The van der Waals surface area contributed by atoms with E-state index in [2.05, 4.69) is 15.9 Å². The van der Waals surface area contributed by atoms with E-state index in [1.807, 2.05) is 13.0 Å². The summed E-state index contributed by atoms with van der Waals surface area (Å²) in [6.07, 6.45) is -4.28. The highest BCUT2D eigenvalue weighted by Gasteiger charge is 2.29. The summed E-state index contributed by atoms with van der Waals surface area (Å²) in [5, 5.41) is 0. The van der Waals surface area contributed by atoms with Gasteiger partial charge in [0.25, 0.3) is 0 Å². The molecule has 0 amide bonds. The van der Waals surface area contributed by atoms with Crippen LogP contribution in [-0.2, 0) is 12.6 Å². The second kappa shape index (κ2) is 6.02. The van der Waals surface area contributed by atoms with Gasteiger partial charge in [-0.15, -0.1) is 0 Å². The molecule has 0 spiro atoms. The summed E-state index contributed by atoms with van der Waals surface area (Å²) >= 11 is 3.35. The highest BCUT2D eigenvalue weighted by molar-refractivity contribution is 9.10. The zero-order valence-electron chi connectivity index (χ0n) is 11.2. The van der Waals surface area contributed by atoms with Gasteiger partial charge in [0, 0.05) is 16.5 Å². The lowest BCUT2D eigenvalue weighted by molar-refractivity contribution is -0.137. The Morgan fingerprint density at radius 2 is 1.71 bits per heavy atom. The highest BCUT2D eigenvalue weighted by atomic mass is 79.9. The maximum Gasteiger partial charge on any atom is 0.416 e. The minimum atomic E-state index is -4.36. The van der Waals surface area contributed by atoms with Crippen molar-refractivity contribution in [2.75, 3.05) is 0 Å². The Kier molecular flexibility index (Phi) is 4.52. The summed E-state index contributed by atoms with van der Waals surface area (Å²) in [6, 6.07) is 9.92. The molecular formula is C16H12BrF3O. The van der Waals surface area contributed by atoms with Crippen molar-refractivity contribution < 1.29 is 18.0 Å². The van der Waals surface area contributed by atoms with Crippen molar-refractivity contribution in [1.29, 1.82) is 0 Å². The fourth-order valence-electron chi connectivity index (χ4n) is 1.87. The monoisotopic (exact) mass is 356 g/mol. The first-order valence-corrected chi connectivity index (χ1v) is 7.02. The SMILES string of the molecule is Cc1ccc(C(=O)Cc2ccc(C(F)(F)F)cc2)cc1Br. The molecule has 21 heavy (non-hydrogen) atoms. The summed E-state index contributed by atoms with van der Waals surface area (Å²) in [6.45, 7) is 1.91. The van der Waals surface area contributed by atoms with E-state index in [4.69, 9.17) is 0 Å². The van der Waals surface area contributed by atoms with Crippen molar-refractivity contribution in [1.82, 2.24) is 0 Å². The van der Waals surface area contributed by atoms with Crippen LogP contribution < -0.4 is 0 Å². The van der Waals surface area contributed by atoms with Crippen LogP contribution >= 0.6 is 15.9 Å². The number of rotatable bonds is 3. The van der Waals surface area contributed by atoms with Crippen LogP contribution in [0.15, 0.2) is 46.9 Å². The standard InChI is InChI=1S/C16H12BrF3O/c1-10-2-5-12(9-14(10)17)15(21)8-11-3-6-13(7-4-11)16(18,19)20/h2-7,9H,8H2,1H3. The largest absolute Gasteiger partial charge is 0.416 e. The normalized spacial score (nSPS) is 11.5. The van der Waals surface area contributed by atoms with Gasteiger partial charge < -0.3 is 0 Å². The van der Waals surface area contributed by atoms with Crippen LogP contribution in [0.1, 0.15) is 27.0 Å². The first kappa shape index (κ1) is 15.8. The van der Waals surface area contributed by atoms with Crippen molar-refractivity contribution in [2.24, 2.45) is 0 Å². The van der Waals surface area contributed by atoms with Crippen LogP contribution in [0.4, 0.5) is 13.2 Å². The van der Waals surface area contributed by atoms with Crippen molar-refractivity contribution >= 4 is 21.7 Å². The van der Waals surface area contributed by atoms with Crippen molar-refractivity contribution in [3.8, 4) is 0 Å². The van der Waals surface area contributed by atoms with Crippen molar-refractivity contribution in [3.63, 3.8) is 0 Å². The Bertz CT molecular complexity index is 660. The predicted octanol–water partition coefficient (Wildman–Crippen LogP) is 5.20. The minimum Gasteiger partial charge on any atom is -0.294 e. The van der Waals surface area contributed by atoms with Gasteiger partial charge in [0.2, 0.25) is 0 Å². The van der Waals surface area contributed by atoms with E-state index in [9.17, 15) is 18.0 Å². The Hall–Kier alpha value is -1.62. The molecule has 110 valence electrons. The number of carbonyl (C=O) groups is 1. The molecule has 0 fully saturated rings. The van der Waals surface area contributed by atoms with Crippen LogP contribution in [0, 0.1) is 6.92 Å². The smallest absolute Gasteiger partial charge is 0.294 e. The van der Waals surface area contributed by atoms with Gasteiger partial charge >= 0.3 is 6.18 Å². The number of hydrogen-bond donors (Lipinski definition) is 0. The van der Waals surface area contributed by atoms with Crippen molar-refractivity contribution in [2.45, 2.75) is 19.5 Å². The number of Topliss-reactive ketones (excluding diaryl/α,β-unsaturated/α-hetero) is 1. The lowest BCUT2D eigenvalue weighted by atomic mass is 10.0. The van der Waals surface area contributed by atoms with Gasteiger partial charge in [-0.1, -0.05) is 40.2 Å². The zero-order valence-corrected chi connectivity index (χ0v) is 12.8. The topological polar surface area (TPSA) is 17.1 Å². The van der Waals surface area contributed by atoms with Gasteiger partial charge in [-0.25, -0.2) is 0 Å². The second-order valence-electron chi connectivity index (χ2n) is 4.76. The first-order valence-electron chi connectivity index (χ1n) is 6.23. The molecule has 2 aromatic carbocycles. The Morgan fingerprint density at radius 1 is 1.10 bits per heavy atom. The Balaban J connectivity index is 2.14. The molecule has 0 saturated heterocycles. The van der Waals surface area contributed by atoms with Crippen LogP contribution in [0.2, 0.25) is 0 Å². The zero-order chi connectivity index (χ0) is 15.6. The number of ketones is 1. The number of alkyl halides is 3. The Morgan fingerprint density at radius 3 is 2.24 bits per heavy atom. The van der Waals surface area contributed by atoms with Gasteiger partial charge in [0.05, 0.1) is 5.56 Å².